The molecular formula is C10H6N2O4S. The molecule has 0 amide bonds. The zero-order valence-electron chi connectivity index (χ0n) is 8.36. The van der Waals surface area contributed by atoms with Gasteiger partial charge in [0.2, 0.25) is 10.6 Å². The third-order valence-electron chi connectivity index (χ3n) is 1.99. The molecule has 0 aliphatic heterocycles. The highest BCUT2D eigenvalue weighted by atomic mass is 32.1. The molecule has 0 unspecified atom stereocenters. The maximum absolute atomic E-state index is 11.2. The third-order valence-corrected chi connectivity index (χ3v) is 2.82. The van der Waals surface area contributed by atoms with Gasteiger partial charge in [0.05, 0.1) is 11.0 Å². The number of nitro groups is 1. The van der Waals surface area contributed by atoms with Gasteiger partial charge in [-0.25, -0.2) is 4.98 Å². The second kappa shape index (κ2) is 4.30. The minimum atomic E-state index is -0.512. The van der Waals surface area contributed by atoms with E-state index in [0.29, 0.717) is 10.6 Å². The van der Waals surface area contributed by atoms with E-state index in [0.717, 1.165) is 17.4 Å². The molecule has 1 aromatic heterocycles. The Balaban J connectivity index is 2.46. The van der Waals surface area contributed by atoms with Gasteiger partial charge in [0.1, 0.15) is 5.01 Å². The number of nitrogens with zero attached hydrogens (tertiary/aromatic N) is 2. The average molecular weight is 250 g/mol. The van der Waals surface area contributed by atoms with Gasteiger partial charge in [0.25, 0.3) is 5.69 Å². The summed E-state index contributed by atoms with van der Waals surface area (Å²) >= 11 is 0.862. The van der Waals surface area contributed by atoms with E-state index in [1.165, 1.54) is 24.3 Å². The molecule has 0 spiro atoms. The average Bonchev–Trinajstić information content (AvgIpc) is 2.28. The molecule has 0 atom stereocenters. The Kier molecular flexibility index (Phi) is 2.84. The molecule has 1 N–H and O–H groups in total. The number of aromatic hydroxyl groups is 1. The van der Waals surface area contributed by atoms with Crippen LogP contribution in [0.5, 0.6) is 5.88 Å². The van der Waals surface area contributed by atoms with Crippen molar-refractivity contribution >= 4 is 17.0 Å². The smallest absolute Gasteiger partial charge is 0.269 e. The lowest BCUT2D eigenvalue weighted by Crippen LogP contribution is -1.94. The summed E-state index contributed by atoms with van der Waals surface area (Å²) in [6.45, 7) is 0. The van der Waals surface area contributed by atoms with Gasteiger partial charge >= 0.3 is 0 Å². The van der Waals surface area contributed by atoms with Crippen molar-refractivity contribution in [1.29, 1.82) is 0 Å². The van der Waals surface area contributed by atoms with Crippen molar-refractivity contribution in [3.63, 3.8) is 0 Å². The normalized spacial score (nSPS) is 10.1. The second-order valence-corrected chi connectivity index (χ2v) is 4.14. The Morgan fingerprint density at radius 3 is 2.47 bits per heavy atom. The fraction of sp³-hybridized carbons (Fsp3) is 0. The Labute approximate surface area is 99.0 Å². The number of aromatic nitrogens is 1. The summed E-state index contributed by atoms with van der Waals surface area (Å²) in [5.41, 5.74) is 0.509. The number of hydrogen-bond donors (Lipinski definition) is 1. The van der Waals surface area contributed by atoms with E-state index in [4.69, 9.17) is 0 Å². The van der Waals surface area contributed by atoms with Gasteiger partial charge < -0.3 is 5.11 Å². The van der Waals surface area contributed by atoms with Gasteiger partial charge in [0.15, 0.2) is 0 Å². The van der Waals surface area contributed by atoms with E-state index in [1.54, 1.807) is 0 Å². The monoisotopic (exact) mass is 250 g/mol. The van der Waals surface area contributed by atoms with Crippen LogP contribution in [-0.2, 0) is 0 Å². The molecule has 86 valence electrons. The first kappa shape index (κ1) is 11.2. The summed E-state index contributed by atoms with van der Waals surface area (Å²) < 4.78 is -0.328. The molecule has 0 radical (unpaired) electrons. The number of benzene rings is 1. The lowest BCUT2D eigenvalue weighted by Gasteiger charge is -1.99. The second-order valence-electron chi connectivity index (χ2n) is 3.14. The van der Waals surface area contributed by atoms with Gasteiger partial charge in [0, 0.05) is 17.7 Å². The predicted molar refractivity (Wildman–Crippen MR) is 62.1 cm³/mol. The van der Waals surface area contributed by atoms with Crippen molar-refractivity contribution in [3.05, 3.63) is 50.0 Å². The lowest BCUT2D eigenvalue weighted by atomic mass is 10.2. The topological polar surface area (TPSA) is 93.3 Å². The molecule has 2 aromatic rings. The molecular weight excluding hydrogens is 244 g/mol. The molecule has 6 nitrogen and oxygen atoms in total. The quantitative estimate of drug-likeness (QED) is 0.647. The van der Waals surface area contributed by atoms with Gasteiger partial charge in [-0.05, 0) is 12.1 Å². The first-order valence-corrected chi connectivity index (χ1v) is 5.34. The molecule has 0 bridgehead atoms. The van der Waals surface area contributed by atoms with Crippen LogP contribution in [0.1, 0.15) is 0 Å². The molecule has 0 fully saturated rings. The van der Waals surface area contributed by atoms with E-state index in [2.05, 4.69) is 4.98 Å². The Hall–Kier alpha value is -2.28. The Bertz CT molecular complexity index is 621. The van der Waals surface area contributed by atoms with E-state index >= 15 is 0 Å². The third kappa shape index (κ3) is 2.45. The maximum Gasteiger partial charge on any atom is 0.269 e. The standard InChI is InChI=1S/C10H6N2O4S/c13-8-5-9(14)17-10(11-8)6-1-3-7(4-2-6)12(15)16/h1-5,13H. The molecule has 1 heterocycles. The Morgan fingerprint density at radius 2 is 1.94 bits per heavy atom. The van der Waals surface area contributed by atoms with Crippen molar-refractivity contribution in [2.24, 2.45) is 0 Å². The van der Waals surface area contributed by atoms with Crippen LogP contribution in [0.2, 0.25) is 0 Å². The van der Waals surface area contributed by atoms with E-state index in [-0.39, 0.29) is 16.3 Å². The summed E-state index contributed by atoms with van der Waals surface area (Å²) in [6, 6.07) is 6.61. The predicted octanol–water partition coefficient (Wildman–Crippen LogP) is 1.78. The van der Waals surface area contributed by atoms with Crippen LogP contribution in [0.15, 0.2) is 35.1 Å². The fourth-order valence-corrected chi connectivity index (χ4v) is 1.99. The molecule has 0 saturated heterocycles. The van der Waals surface area contributed by atoms with E-state index < -0.39 is 4.92 Å². The molecule has 0 aliphatic carbocycles. The van der Waals surface area contributed by atoms with Gasteiger partial charge in [-0.15, -0.1) is 0 Å². The zero-order valence-corrected chi connectivity index (χ0v) is 9.18. The van der Waals surface area contributed by atoms with Crippen molar-refractivity contribution in [1.82, 2.24) is 4.98 Å². The summed E-state index contributed by atoms with van der Waals surface area (Å²) in [5.74, 6) is -0.359. The highest BCUT2D eigenvalue weighted by Crippen LogP contribution is 2.23. The van der Waals surface area contributed by atoms with E-state index in [9.17, 15) is 20.0 Å². The molecule has 0 saturated carbocycles. The number of nitro benzene ring substituents is 1. The van der Waals surface area contributed by atoms with Crippen molar-refractivity contribution in [2.75, 3.05) is 0 Å². The van der Waals surface area contributed by atoms with Crippen LogP contribution in [-0.4, -0.2) is 15.0 Å². The first-order valence-electron chi connectivity index (χ1n) is 4.52. The molecule has 17 heavy (non-hydrogen) atoms. The van der Waals surface area contributed by atoms with Crippen LogP contribution < -0.4 is 4.74 Å². The van der Waals surface area contributed by atoms with Crippen LogP contribution in [0.3, 0.4) is 0 Å². The highest BCUT2D eigenvalue weighted by Gasteiger charge is 2.08. The largest absolute Gasteiger partial charge is 0.493 e. The number of hydrogen-bond acceptors (Lipinski definition) is 6. The van der Waals surface area contributed by atoms with Crippen LogP contribution in [0.25, 0.3) is 10.6 Å². The summed E-state index contributed by atoms with van der Waals surface area (Å²) in [4.78, 5) is 24.9. The van der Waals surface area contributed by atoms with Crippen molar-refractivity contribution in [2.45, 2.75) is 0 Å². The lowest BCUT2D eigenvalue weighted by molar-refractivity contribution is -0.384. The van der Waals surface area contributed by atoms with Crippen molar-refractivity contribution < 1.29 is 10.0 Å². The minimum Gasteiger partial charge on any atom is -0.493 e. The number of non-ortho nitro benzene ring substituents is 1. The van der Waals surface area contributed by atoms with Gasteiger partial charge in [-0.2, -0.15) is 0 Å². The molecule has 1 aromatic carbocycles. The summed E-state index contributed by atoms with van der Waals surface area (Å²) in [5, 5.41) is 20.0. The van der Waals surface area contributed by atoms with Crippen LogP contribution >= 0.6 is 11.3 Å². The highest BCUT2D eigenvalue weighted by molar-refractivity contribution is 7.12. The summed E-state index contributed by atoms with van der Waals surface area (Å²) in [6.07, 6.45) is 0. The van der Waals surface area contributed by atoms with Crippen molar-refractivity contribution in [3.8, 4) is 16.5 Å². The first-order chi connectivity index (χ1) is 8.06. The molecule has 7 heteroatoms. The number of rotatable bonds is 2. The Morgan fingerprint density at radius 1 is 1.29 bits per heavy atom. The summed E-state index contributed by atoms with van der Waals surface area (Å²) in [7, 11) is 0. The molecule has 0 aliphatic rings. The van der Waals surface area contributed by atoms with E-state index in [1.807, 2.05) is 0 Å². The maximum atomic E-state index is 11.2. The van der Waals surface area contributed by atoms with Gasteiger partial charge in [-0.3, -0.25) is 14.9 Å². The van der Waals surface area contributed by atoms with Crippen LogP contribution in [0.4, 0.5) is 5.69 Å². The minimum absolute atomic E-state index is 0.0405. The van der Waals surface area contributed by atoms with Gasteiger partial charge in [-0.1, -0.05) is 11.3 Å². The zero-order chi connectivity index (χ0) is 12.4. The SMILES string of the molecule is O=c1cc(O)nc(-c2ccc([N+](=O)[O-])cc2)s1. The van der Waals surface area contributed by atoms with Crippen LogP contribution in [0, 0.1) is 10.1 Å². The fourth-order valence-electron chi connectivity index (χ4n) is 1.24. The molecule has 2 rings (SSSR count).